The van der Waals surface area contributed by atoms with E-state index in [2.05, 4.69) is 4.98 Å². The van der Waals surface area contributed by atoms with Gasteiger partial charge in [0.05, 0.1) is 11.6 Å². The van der Waals surface area contributed by atoms with E-state index in [1.165, 1.54) is 23.5 Å². The SMILES string of the molecule is Cc1csc(CC(CN)(CO)c2cc(F)cc(F)c2)n1. The molecule has 1 aromatic heterocycles. The van der Waals surface area contributed by atoms with Crippen molar-refractivity contribution in [2.24, 2.45) is 5.73 Å². The molecule has 0 aliphatic rings. The maximum absolute atomic E-state index is 13.4. The molecule has 3 nitrogen and oxygen atoms in total. The highest BCUT2D eigenvalue weighted by molar-refractivity contribution is 7.09. The lowest BCUT2D eigenvalue weighted by molar-refractivity contribution is 0.195. The molecule has 108 valence electrons. The van der Waals surface area contributed by atoms with Crippen LogP contribution in [0.2, 0.25) is 0 Å². The molecule has 0 amide bonds. The summed E-state index contributed by atoms with van der Waals surface area (Å²) in [7, 11) is 0. The van der Waals surface area contributed by atoms with E-state index in [1.807, 2.05) is 12.3 Å². The molecule has 20 heavy (non-hydrogen) atoms. The molecule has 2 aromatic rings. The summed E-state index contributed by atoms with van der Waals surface area (Å²) in [5.41, 5.74) is 6.08. The van der Waals surface area contributed by atoms with Gasteiger partial charge in [-0.1, -0.05) is 0 Å². The molecule has 3 N–H and O–H groups in total. The lowest BCUT2D eigenvalue weighted by Gasteiger charge is -2.30. The Labute approximate surface area is 120 Å². The summed E-state index contributed by atoms with van der Waals surface area (Å²) in [5, 5.41) is 12.4. The average molecular weight is 298 g/mol. The summed E-state index contributed by atoms with van der Waals surface area (Å²) in [4.78, 5) is 4.33. The minimum absolute atomic E-state index is 0.0744. The van der Waals surface area contributed by atoms with Crippen LogP contribution in [-0.2, 0) is 11.8 Å². The Kier molecular flexibility index (Phi) is 4.47. The van der Waals surface area contributed by atoms with Crippen LogP contribution in [0.5, 0.6) is 0 Å². The fourth-order valence-electron chi connectivity index (χ4n) is 2.14. The van der Waals surface area contributed by atoms with Crippen LogP contribution in [0.15, 0.2) is 23.6 Å². The third-order valence-electron chi connectivity index (χ3n) is 3.32. The highest BCUT2D eigenvalue weighted by atomic mass is 32.1. The van der Waals surface area contributed by atoms with Crippen LogP contribution < -0.4 is 5.73 Å². The van der Waals surface area contributed by atoms with Crippen molar-refractivity contribution < 1.29 is 13.9 Å². The van der Waals surface area contributed by atoms with Crippen LogP contribution in [0.3, 0.4) is 0 Å². The summed E-state index contributed by atoms with van der Waals surface area (Å²) in [6, 6.07) is 3.23. The third-order valence-corrected chi connectivity index (χ3v) is 4.29. The summed E-state index contributed by atoms with van der Waals surface area (Å²) < 4.78 is 26.8. The van der Waals surface area contributed by atoms with Crippen molar-refractivity contribution in [2.45, 2.75) is 18.8 Å². The Balaban J connectivity index is 2.42. The predicted molar refractivity (Wildman–Crippen MR) is 74.7 cm³/mol. The van der Waals surface area contributed by atoms with E-state index in [-0.39, 0.29) is 13.2 Å². The van der Waals surface area contributed by atoms with Crippen LogP contribution in [-0.4, -0.2) is 23.2 Å². The van der Waals surface area contributed by atoms with E-state index < -0.39 is 17.0 Å². The van der Waals surface area contributed by atoms with Crippen LogP contribution in [0.1, 0.15) is 16.3 Å². The third kappa shape index (κ3) is 3.03. The van der Waals surface area contributed by atoms with Crippen molar-refractivity contribution >= 4 is 11.3 Å². The lowest BCUT2D eigenvalue weighted by Crippen LogP contribution is -2.41. The smallest absolute Gasteiger partial charge is 0.126 e. The van der Waals surface area contributed by atoms with Gasteiger partial charge in [0.15, 0.2) is 0 Å². The monoisotopic (exact) mass is 298 g/mol. The molecule has 0 saturated heterocycles. The molecule has 0 spiro atoms. The first-order chi connectivity index (χ1) is 9.49. The summed E-state index contributed by atoms with van der Waals surface area (Å²) in [5.74, 6) is -1.36. The lowest BCUT2D eigenvalue weighted by atomic mass is 9.78. The molecule has 1 atom stereocenters. The van der Waals surface area contributed by atoms with E-state index in [0.717, 1.165) is 16.8 Å². The zero-order valence-electron chi connectivity index (χ0n) is 11.1. The quantitative estimate of drug-likeness (QED) is 0.889. The standard InChI is InChI=1S/C14H16F2N2OS/c1-9-6-20-13(18-9)5-14(7-17,8-19)10-2-11(15)4-12(16)3-10/h2-4,6,19H,5,7-8,17H2,1H3. The Morgan fingerprint density at radius 1 is 1.30 bits per heavy atom. The molecule has 0 bridgehead atoms. The van der Waals surface area contributed by atoms with E-state index in [9.17, 15) is 13.9 Å². The minimum Gasteiger partial charge on any atom is -0.395 e. The number of thiazole rings is 1. The average Bonchev–Trinajstić information content (AvgIpc) is 2.80. The molecular formula is C14H16F2N2OS. The number of hydrogen-bond acceptors (Lipinski definition) is 4. The highest BCUT2D eigenvalue weighted by Crippen LogP contribution is 2.30. The molecule has 0 aliphatic carbocycles. The largest absolute Gasteiger partial charge is 0.395 e. The first-order valence-corrected chi connectivity index (χ1v) is 7.05. The summed E-state index contributed by atoms with van der Waals surface area (Å²) in [6.07, 6.45) is 0.349. The van der Waals surface area contributed by atoms with Gasteiger partial charge >= 0.3 is 0 Å². The Morgan fingerprint density at radius 3 is 2.40 bits per heavy atom. The van der Waals surface area contributed by atoms with Gasteiger partial charge in [0.2, 0.25) is 0 Å². The molecular weight excluding hydrogens is 282 g/mol. The second kappa shape index (κ2) is 5.95. The number of rotatable bonds is 5. The first-order valence-electron chi connectivity index (χ1n) is 6.17. The number of aliphatic hydroxyl groups is 1. The number of nitrogens with zero attached hydrogens (tertiary/aromatic N) is 1. The first kappa shape index (κ1) is 15.0. The van der Waals surface area contributed by atoms with Gasteiger partial charge in [0.1, 0.15) is 11.6 Å². The number of halogens is 2. The van der Waals surface area contributed by atoms with Crippen molar-refractivity contribution in [3.63, 3.8) is 0 Å². The topological polar surface area (TPSA) is 59.1 Å². The van der Waals surface area contributed by atoms with Gasteiger partial charge in [-0.05, 0) is 24.6 Å². The fourth-order valence-corrected chi connectivity index (χ4v) is 3.05. The molecule has 1 heterocycles. The van der Waals surface area contributed by atoms with Crippen molar-refractivity contribution in [3.05, 3.63) is 51.5 Å². The molecule has 0 fully saturated rings. The molecule has 0 aliphatic heterocycles. The van der Waals surface area contributed by atoms with Gasteiger partial charge in [-0.25, -0.2) is 13.8 Å². The van der Waals surface area contributed by atoms with Crippen molar-refractivity contribution in [1.82, 2.24) is 4.98 Å². The zero-order valence-corrected chi connectivity index (χ0v) is 11.9. The molecule has 0 saturated carbocycles. The second-order valence-corrected chi connectivity index (χ2v) is 5.80. The van der Waals surface area contributed by atoms with Crippen LogP contribution in [0.4, 0.5) is 8.78 Å². The summed E-state index contributed by atoms with van der Waals surface area (Å²) in [6.45, 7) is 1.64. The molecule has 2 rings (SSSR count). The van der Waals surface area contributed by atoms with Crippen molar-refractivity contribution in [3.8, 4) is 0 Å². The number of hydrogen-bond donors (Lipinski definition) is 2. The normalized spacial score (nSPS) is 14.2. The van der Waals surface area contributed by atoms with E-state index >= 15 is 0 Å². The van der Waals surface area contributed by atoms with Crippen LogP contribution in [0.25, 0.3) is 0 Å². The van der Waals surface area contributed by atoms with Gasteiger partial charge in [-0.2, -0.15) is 0 Å². The number of benzene rings is 1. The maximum Gasteiger partial charge on any atom is 0.126 e. The number of aryl methyl sites for hydroxylation is 1. The van der Waals surface area contributed by atoms with Crippen LogP contribution >= 0.6 is 11.3 Å². The number of aliphatic hydroxyl groups excluding tert-OH is 1. The highest BCUT2D eigenvalue weighted by Gasteiger charge is 2.32. The fraction of sp³-hybridized carbons (Fsp3) is 0.357. The summed E-state index contributed by atoms with van der Waals surface area (Å²) >= 11 is 1.44. The van der Waals surface area contributed by atoms with Crippen LogP contribution in [0, 0.1) is 18.6 Å². The second-order valence-electron chi connectivity index (χ2n) is 4.86. The molecule has 1 aromatic carbocycles. The van der Waals surface area contributed by atoms with Crippen molar-refractivity contribution in [1.29, 1.82) is 0 Å². The van der Waals surface area contributed by atoms with E-state index in [4.69, 9.17) is 5.73 Å². The Bertz CT molecular complexity index is 576. The number of nitrogens with two attached hydrogens (primary N) is 1. The van der Waals surface area contributed by atoms with Gasteiger partial charge in [0, 0.05) is 35.5 Å². The van der Waals surface area contributed by atoms with Gasteiger partial charge in [0.25, 0.3) is 0 Å². The molecule has 0 radical (unpaired) electrons. The minimum atomic E-state index is -0.923. The molecule has 6 heteroatoms. The zero-order chi connectivity index (χ0) is 14.8. The maximum atomic E-state index is 13.4. The molecule has 1 unspecified atom stereocenters. The van der Waals surface area contributed by atoms with E-state index in [1.54, 1.807) is 0 Å². The number of aromatic nitrogens is 1. The Hall–Kier alpha value is -1.37. The van der Waals surface area contributed by atoms with Gasteiger partial charge < -0.3 is 10.8 Å². The van der Waals surface area contributed by atoms with Crippen molar-refractivity contribution in [2.75, 3.05) is 13.2 Å². The predicted octanol–water partition coefficient (Wildman–Crippen LogP) is 2.16. The van der Waals surface area contributed by atoms with Gasteiger partial charge in [-0.3, -0.25) is 0 Å². The van der Waals surface area contributed by atoms with E-state index in [0.29, 0.717) is 12.0 Å². The van der Waals surface area contributed by atoms with Gasteiger partial charge in [-0.15, -0.1) is 11.3 Å². The Morgan fingerprint density at radius 2 is 1.95 bits per heavy atom.